The molecular weight excluding hydrogens is 448 g/mol. The first kappa shape index (κ1) is 23.5. The number of aromatic nitrogens is 3. The Hall–Kier alpha value is -2.26. The summed E-state index contributed by atoms with van der Waals surface area (Å²) in [7, 11) is 0. The van der Waals surface area contributed by atoms with E-state index >= 15 is 0 Å². The van der Waals surface area contributed by atoms with Crippen LogP contribution in [0.4, 0.5) is 17.3 Å². The summed E-state index contributed by atoms with van der Waals surface area (Å²) in [5.41, 5.74) is 2.06. The Labute approximate surface area is 206 Å². The van der Waals surface area contributed by atoms with Gasteiger partial charge in [-0.2, -0.15) is 0 Å². The fourth-order valence-corrected chi connectivity index (χ4v) is 5.89. The molecule has 3 fully saturated rings. The number of nitrogens with zero attached hydrogens (tertiary/aromatic N) is 5. The van der Waals surface area contributed by atoms with Crippen molar-refractivity contribution in [1.29, 1.82) is 0 Å². The lowest BCUT2D eigenvalue weighted by molar-refractivity contribution is -0.115. The molecular formula is C25H36N6O2S. The van der Waals surface area contributed by atoms with Gasteiger partial charge in [-0.3, -0.25) is 9.36 Å². The molecule has 0 aliphatic carbocycles. The fourth-order valence-electron chi connectivity index (χ4n) is 5.03. The maximum atomic E-state index is 13.0. The molecule has 1 N–H and O–H groups in total. The van der Waals surface area contributed by atoms with E-state index in [2.05, 4.69) is 42.0 Å². The molecule has 0 spiro atoms. The van der Waals surface area contributed by atoms with Crippen LogP contribution in [-0.2, 0) is 16.1 Å². The average Bonchev–Trinajstić information content (AvgIpc) is 3.64. The third-order valence-corrected chi connectivity index (χ3v) is 8.08. The van der Waals surface area contributed by atoms with E-state index in [4.69, 9.17) is 4.74 Å². The number of amides is 1. The van der Waals surface area contributed by atoms with Gasteiger partial charge in [-0.1, -0.05) is 11.8 Å². The third-order valence-electron chi connectivity index (χ3n) is 7.00. The van der Waals surface area contributed by atoms with E-state index in [1.165, 1.54) is 49.6 Å². The van der Waals surface area contributed by atoms with Crippen LogP contribution in [0.25, 0.3) is 0 Å². The van der Waals surface area contributed by atoms with E-state index in [-0.39, 0.29) is 17.3 Å². The van der Waals surface area contributed by atoms with Gasteiger partial charge in [0.2, 0.25) is 11.9 Å². The Morgan fingerprint density at radius 1 is 1.03 bits per heavy atom. The second-order valence-electron chi connectivity index (χ2n) is 9.57. The number of thioether (sulfide) groups is 1. The summed E-state index contributed by atoms with van der Waals surface area (Å²) in [6.07, 6.45) is 8.55. The zero-order valence-corrected chi connectivity index (χ0v) is 20.9. The van der Waals surface area contributed by atoms with Gasteiger partial charge < -0.3 is 19.9 Å². The molecule has 4 heterocycles. The Morgan fingerprint density at radius 3 is 2.44 bits per heavy atom. The molecule has 3 aliphatic rings. The summed E-state index contributed by atoms with van der Waals surface area (Å²) in [5.74, 6) is 0.890. The number of carbonyl (C=O) groups excluding carboxylic acids is 1. The molecule has 1 aromatic carbocycles. The second kappa shape index (κ2) is 11.0. The normalized spacial score (nSPS) is 21.7. The number of nitrogens with one attached hydrogen (secondary N) is 1. The number of rotatable bonds is 8. The Morgan fingerprint density at radius 2 is 1.74 bits per heavy atom. The monoisotopic (exact) mass is 484 g/mol. The number of piperidine rings is 1. The van der Waals surface area contributed by atoms with Crippen LogP contribution in [0, 0.1) is 0 Å². The summed E-state index contributed by atoms with van der Waals surface area (Å²) in [6.45, 7) is 7.76. The molecule has 34 heavy (non-hydrogen) atoms. The molecule has 0 saturated carbocycles. The molecule has 3 saturated heterocycles. The SMILES string of the molecule is CC(Sc1nnc(N2CCCC2)n1CC1CCCO1)C(=O)Nc1ccc(N2CCCCC2)cc1. The van der Waals surface area contributed by atoms with Gasteiger partial charge in [-0.15, -0.1) is 10.2 Å². The molecule has 2 aromatic rings. The van der Waals surface area contributed by atoms with Gasteiger partial charge in [-0.25, -0.2) is 0 Å². The Bertz CT molecular complexity index is 947. The predicted octanol–water partition coefficient (Wildman–Crippen LogP) is 4.17. The molecule has 0 radical (unpaired) electrons. The van der Waals surface area contributed by atoms with Crippen molar-refractivity contribution < 1.29 is 9.53 Å². The van der Waals surface area contributed by atoms with Gasteiger partial charge in [0.25, 0.3) is 0 Å². The van der Waals surface area contributed by atoms with E-state index in [1.807, 2.05) is 19.1 Å². The van der Waals surface area contributed by atoms with Crippen molar-refractivity contribution in [1.82, 2.24) is 14.8 Å². The van der Waals surface area contributed by atoms with Crippen molar-refractivity contribution in [2.24, 2.45) is 0 Å². The van der Waals surface area contributed by atoms with Crippen LogP contribution in [0.15, 0.2) is 29.4 Å². The second-order valence-corrected chi connectivity index (χ2v) is 10.9. The first-order valence-electron chi connectivity index (χ1n) is 12.8. The van der Waals surface area contributed by atoms with Crippen LogP contribution < -0.4 is 15.1 Å². The zero-order chi connectivity index (χ0) is 23.3. The molecule has 1 amide bonds. The topological polar surface area (TPSA) is 75.5 Å². The van der Waals surface area contributed by atoms with E-state index in [0.29, 0.717) is 0 Å². The minimum Gasteiger partial charge on any atom is -0.376 e. The molecule has 1 aromatic heterocycles. The Kier molecular flexibility index (Phi) is 7.59. The van der Waals surface area contributed by atoms with Crippen molar-refractivity contribution in [3.8, 4) is 0 Å². The first-order valence-corrected chi connectivity index (χ1v) is 13.7. The molecule has 2 atom stereocenters. The van der Waals surface area contributed by atoms with Crippen molar-refractivity contribution >= 4 is 35.0 Å². The maximum Gasteiger partial charge on any atom is 0.237 e. The summed E-state index contributed by atoms with van der Waals surface area (Å²) < 4.78 is 8.07. The molecule has 8 nitrogen and oxygen atoms in total. The van der Waals surface area contributed by atoms with Crippen LogP contribution in [0.5, 0.6) is 0 Å². The summed E-state index contributed by atoms with van der Waals surface area (Å²) in [4.78, 5) is 17.7. The van der Waals surface area contributed by atoms with Crippen LogP contribution in [0.3, 0.4) is 0 Å². The fraction of sp³-hybridized carbons (Fsp3) is 0.640. The number of hydrogen-bond donors (Lipinski definition) is 1. The quantitative estimate of drug-likeness (QED) is 0.564. The number of hydrogen-bond acceptors (Lipinski definition) is 7. The van der Waals surface area contributed by atoms with Gasteiger partial charge in [0.05, 0.1) is 17.9 Å². The minimum atomic E-state index is -0.291. The van der Waals surface area contributed by atoms with Crippen molar-refractivity contribution in [2.45, 2.75) is 74.9 Å². The largest absolute Gasteiger partial charge is 0.376 e. The standard InChI is InChI=1S/C25H36N6O2S/c1-19(23(32)26-20-9-11-21(12-10-20)29-13-3-2-4-14-29)34-25-28-27-24(30-15-5-6-16-30)31(25)18-22-8-7-17-33-22/h9-12,19,22H,2-8,13-18H2,1H3,(H,26,32). The van der Waals surface area contributed by atoms with Crippen molar-refractivity contribution in [3.05, 3.63) is 24.3 Å². The summed E-state index contributed by atoms with van der Waals surface area (Å²) in [5, 5.41) is 12.6. The lowest BCUT2D eigenvalue weighted by Gasteiger charge is -2.28. The summed E-state index contributed by atoms with van der Waals surface area (Å²) >= 11 is 1.47. The summed E-state index contributed by atoms with van der Waals surface area (Å²) in [6, 6.07) is 8.23. The maximum absolute atomic E-state index is 13.0. The van der Waals surface area contributed by atoms with Gasteiger partial charge in [0.15, 0.2) is 5.16 Å². The van der Waals surface area contributed by atoms with Gasteiger partial charge in [0.1, 0.15) is 0 Å². The van der Waals surface area contributed by atoms with Gasteiger partial charge in [0, 0.05) is 44.2 Å². The molecule has 184 valence electrons. The lowest BCUT2D eigenvalue weighted by atomic mass is 10.1. The Balaban J connectivity index is 1.23. The van der Waals surface area contributed by atoms with E-state index in [9.17, 15) is 4.79 Å². The van der Waals surface area contributed by atoms with Crippen molar-refractivity contribution in [3.63, 3.8) is 0 Å². The highest BCUT2D eigenvalue weighted by atomic mass is 32.2. The predicted molar refractivity (Wildman–Crippen MR) is 137 cm³/mol. The average molecular weight is 485 g/mol. The van der Waals surface area contributed by atoms with E-state index in [1.54, 1.807) is 0 Å². The van der Waals surface area contributed by atoms with Crippen LogP contribution in [0.2, 0.25) is 0 Å². The number of anilines is 3. The van der Waals surface area contributed by atoms with E-state index in [0.717, 1.165) is 69.0 Å². The number of ether oxygens (including phenoxy) is 1. The van der Waals surface area contributed by atoms with Gasteiger partial charge >= 0.3 is 0 Å². The first-order chi connectivity index (χ1) is 16.7. The molecule has 9 heteroatoms. The highest BCUT2D eigenvalue weighted by Gasteiger charge is 2.27. The van der Waals surface area contributed by atoms with Gasteiger partial charge in [-0.05, 0) is 76.1 Å². The zero-order valence-electron chi connectivity index (χ0n) is 20.1. The van der Waals surface area contributed by atoms with Crippen molar-refractivity contribution in [2.75, 3.05) is 47.9 Å². The highest BCUT2D eigenvalue weighted by molar-refractivity contribution is 8.00. The smallest absolute Gasteiger partial charge is 0.237 e. The molecule has 3 aliphatic heterocycles. The third kappa shape index (κ3) is 5.51. The lowest BCUT2D eigenvalue weighted by Crippen LogP contribution is -2.29. The molecule has 2 unspecified atom stereocenters. The molecule has 5 rings (SSSR count). The minimum absolute atomic E-state index is 0.0230. The highest BCUT2D eigenvalue weighted by Crippen LogP contribution is 2.30. The van der Waals surface area contributed by atoms with Crippen LogP contribution in [-0.4, -0.2) is 64.8 Å². The molecule has 0 bridgehead atoms. The number of carbonyl (C=O) groups is 1. The van der Waals surface area contributed by atoms with Crippen LogP contribution >= 0.6 is 11.8 Å². The van der Waals surface area contributed by atoms with Crippen LogP contribution in [0.1, 0.15) is 51.9 Å². The van der Waals surface area contributed by atoms with E-state index < -0.39 is 0 Å². The number of benzene rings is 1.